The molecule has 0 spiro atoms. The van der Waals surface area contributed by atoms with E-state index in [2.05, 4.69) is 16.7 Å². The minimum absolute atomic E-state index is 0.272. The molecule has 0 bridgehead atoms. The van der Waals surface area contributed by atoms with Crippen LogP contribution in [0.15, 0.2) is 40.8 Å². The van der Waals surface area contributed by atoms with E-state index in [1.54, 1.807) is 23.1 Å². The largest absolute Gasteiger partial charge is 0.456 e. The number of benzene rings is 2. The third kappa shape index (κ3) is 4.96. The highest BCUT2D eigenvalue weighted by atomic mass is 16.5. The zero-order chi connectivity index (χ0) is 26.8. The number of hydrogen-bond donors (Lipinski definition) is 2. The number of hydrogen-bond acceptors (Lipinski definition) is 6. The van der Waals surface area contributed by atoms with Crippen LogP contribution in [-0.4, -0.2) is 49.1 Å². The van der Waals surface area contributed by atoms with E-state index in [1.165, 1.54) is 0 Å². The molecule has 2 aliphatic rings. The molecule has 1 heterocycles. The average molecular weight is 517 g/mol. The summed E-state index contributed by atoms with van der Waals surface area (Å²) < 4.78 is 11.5. The molecule has 2 fully saturated rings. The van der Waals surface area contributed by atoms with Crippen LogP contribution in [0.5, 0.6) is 0 Å². The van der Waals surface area contributed by atoms with Gasteiger partial charge >= 0.3 is 0 Å². The van der Waals surface area contributed by atoms with Crippen LogP contribution < -0.4 is 15.5 Å². The second kappa shape index (κ2) is 10.5. The van der Waals surface area contributed by atoms with Crippen molar-refractivity contribution in [2.75, 3.05) is 24.7 Å². The molecular formula is C29H32N4O5. The van der Waals surface area contributed by atoms with Gasteiger partial charge in [-0.3, -0.25) is 14.4 Å². The fourth-order valence-corrected chi connectivity index (χ4v) is 5.22. The van der Waals surface area contributed by atoms with E-state index < -0.39 is 11.1 Å². The van der Waals surface area contributed by atoms with E-state index >= 15 is 0 Å². The summed E-state index contributed by atoms with van der Waals surface area (Å²) in [5.41, 5.74) is 0.413. The van der Waals surface area contributed by atoms with Crippen molar-refractivity contribution in [3.05, 3.63) is 42.0 Å². The average Bonchev–Trinajstić information content (AvgIpc) is 3.62. The fourth-order valence-electron chi connectivity index (χ4n) is 5.22. The third-order valence-corrected chi connectivity index (χ3v) is 7.67. The number of fused-ring (bicyclic) bond motifs is 3. The number of carbonyl (C=O) groups excluding carboxylic acids is 3. The lowest BCUT2D eigenvalue weighted by Crippen LogP contribution is -2.61. The summed E-state index contributed by atoms with van der Waals surface area (Å²) in [4.78, 5) is 39.9. The molecule has 2 aliphatic carbocycles. The first kappa shape index (κ1) is 25.7. The zero-order valence-electron chi connectivity index (χ0n) is 21.5. The number of carbonyl (C=O) groups is 3. The van der Waals surface area contributed by atoms with Gasteiger partial charge in [-0.2, -0.15) is 5.26 Å². The van der Waals surface area contributed by atoms with Gasteiger partial charge in [-0.25, -0.2) is 0 Å². The van der Waals surface area contributed by atoms with Crippen molar-refractivity contribution < 1.29 is 23.5 Å². The number of nitriles is 1. The number of ether oxygens (including phenoxy) is 1. The Hall–Kier alpha value is -3.90. The standard InChI is InChI=1S/C29H32N4O5/c1-2-37-15-14-33(19-34)21-7-9-23-22-8-6-20(16-24(22)38-25(23)17-21)26(35)31-29(10-4-3-5-11-29)27(36)32-28(18-30)12-13-28/h6-9,16-17,19H,2-5,10-15H2,1H3,(H,31,35)(H,32,36). The summed E-state index contributed by atoms with van der Waals surface area (Å²) in [6.07, 6.45) is 5.80. The normalized spacial score (nSPS) is 17.5. The second-order valence-corrected chi connectivity index (χ2v) is 10.2. The van der Waals surface area contributed by atoms with Crippen molar-refractivity contribution in [3.8, 4) is 6.07 Å². The molecule has 198 valence electrons. The Morgan fingerprint density at radius 3 is 2.42 bits per heavy atom. The van der Waals surface area contributed by atoms with Crippen molar-refractivity contribution in [3.63, 3.8) is 0 Å². The first-order valence-electron chi connectivity index (χ1n) is 13.2. The number of furan rings is 1. The van der Waals surface area contributed by atoms with Gasteiger partial charge in [0.25, 0.3) is 5.91 Å². The number of nitrogens with zero attached hydrogens (tertiary/aromatic N) is 2. The van der Waals surface area contributed by atoms with Crippen LogP contribution in [0.3, 0.4) is 0 Å². The molecule has 2 saturated carbocycles. The van der Waals surface area contributed by atoms with Gasteiger partial charge in [0, 0.05) is 41.2 Å². The Balaban J connectivity index is 1.38. The van der Waals surface area contributed by atoms with E-state index in [0.717, 1.165) is 36.4 Å². The lowest BCUT2D eigenvalue weighted by atomic mass is 9.80. The van der Waals surface area contributed by atoms with Gasteiger partial charge in [0.1, 0.15) is 22.2 Å². The van der Waals surface area contributed by atoms with E-state index in [9.17, 15) is 19.6 Å². The maximum Gasteiger partial charge on any atom is 0.252 e. The molecule has 9 nitrogen and oxygen atoms in total. The highest BCUT2D eigenvalue weighted by molar-refractivity contribution is 6.09. The first-order valence-corrected chi connectivity index (χ1v) is 13.2. The number of nitrogens with one attached hydrogen (secondary N) is 2. The molecule has 2 aromatic carbocycles. The quantitative estimate of drug-likeness (QED) is 0.308. The van der Waals surface area contributed by atoms with Crippen molar-refractivity contribution >= 4 is 45.9 Å². The molecule has 1 aromatic heterocycles. The van der Waals surface area contributed by atoms with Gasteiger partial charge in [0.15, 0.2) is 0 Å². The van der Waals surface area contributed by atoms with E-state index in [-0.39, 0.29) is 11.8 Å². The summed E-state index contributed by atoms with van der Waals surface area (Å²) >= 11 is 0. The summed E-state index contributed by atoms with van der Waals surface area (Å²) in [6, 6.07) is 13.0. The van der Waals surface area contributed by atoms with Gasteiger partial charge in [0.2, 0.25) is 12.3 Å². The molecule has 0 saturated heterocycles. The molecule has 3 aromatic rings. The molecule has 2 N–H and O–H groups in total. The van der Waals surface area contributed by atoms with Gasteiger partial charge in [0.05, 0.1) is 12.7 Å². The predicted octanol–water partition coefficient (Wildman–Crippen LogP) is 4.19. The Bertz CT molecular complexity index is 1410. The summed E-state index contributed by atoms with van der Waals surface area (Å²) in [6.45, 7) is 3.35. The van der Waals surface area contributed by atoms with E-state index in [0.29, 0.717) is 67.9 Å². The minimum atomic E-state index is -1.03. The smallest absolute Gasteiger partial charge is 0.252 e. The van der Waals surface area contributed by atoms with Crippen LogP contribution in [0.1, 0.15) is 62.2 Å². The maximum absolute atomic E-state index is 13.4. The van der Waals surface area contributed by atoms with Gasteiger partial charge in [-0.15, -0.1) is 0 Å². The number of rotatable bonds is 10. The molecule has 9 heteroatoms. The SMILES string of the molecule is CCOCCN(C=O)c1ccc2c(c1)oc1cc(C(=O)NC3(C(=O)NC4(C#N)CC4)CCCCC3)ccc12. The summed E-state index contributed by atoms with van der Waals surface area (Å²) in [7, 11) is 0. The Morgan fingerprint density at radius 1 is 1.05 bits per heavy atom. The van der Waals surface area contributed by atoms with Crippen LogP contribution in [0, 0.1) is 11.3 Å². The van der Waals surface area contributed by atoms with Crippen molar-refractivity contribution in [2.24, 2.45) is 0 Å². The van der Waals surface area contributed by atoms with Crippen LogP contribution in [0.2, 0.25) is 0 Å². The maximum atomic E-state index is 13.4. The second-order valence-electron chi connectivity index (χ2n) is 10.2. The minimum Gasteiger partial charge on any atom is -0.456 e. The van der Waals surface area contributed by atoms with Crippen molar-refractivity contribution in [1.82, 2.24) is 10.6 Å². The third-order valence-electron chi connectivity index (χ3n) is 7.67. The van der Waals surface area contributed by atoms with Crippen LogP contribution in [0.4, 0.5) is 5.69 Å². The lowest BCUT2D eigenvalue weighted by molar-refractivity contribution is -0.129. The zero-order valence-corrected chi connectivity index (χ0v) is 21.5. The van der Waals surface area contributed by atoms with Crippen LogP contribution >= 0.6 is 0 Å². The molecule has 38 heavy (non-hydrogen) atoms. The molecule has 0 radical (unpaired) electrons. The van der Waals surface area contributed by atoms with E-state index in [4.69, 9.17) is 9.15 Å². The first-order chi connectivity index (χ1) is 18.4. The summed E-state index contributed by atoms with van der Waals surface area (Å²) in [5, 5.41) is 17.1. The molecular weight excluding hydrogens is 484 g/mol. The van der Waals surface area contributed by atoms with E-state index in [1.807, 2.05) is 25.1 Å². The van der Waals surface area contributed by atoms with Crippen molar-refractivity contribution in [1.29, 1.82) is 5.26 Å². The highest BCUT2D eigenvalue weighted by Crippen LogP contribution is 2.37. The molecule has 3 amide bonds. The Morgan fingerprint density at radius 2 is 1.76 bits per heavy atom. The number of amides is 3. The fraction of sp³-hybridized carbons (Fsp3) is 0.448. The highest BCUT2D eigenvalue weighted by Gasteiger charge is 2.50. The summed E-state index contributed by atoms with van der Waals surface area (Å²) in [5.74, 6) is -0.624. The van der Waals surface area contributed by atoms with Gasteiger partial charge in [-0.05, 0) is 62.9 Å². The van der Waals surface area contributed by atoms with Gasteiger partial charge < -0.3 is 24.7 Å². The molecule has 0 atom stereocenters. The Labute approximate surface area is 221 Å². The van der Waals surface area contributed by atoms with Crippen molar-refractivity contribution in [2.45, 2.75) is 62.9 Å². The molecule has 5 rings (SSSR count). The molecule has 0 aliphatic heterocycles. The van der Waals surface area contributed by atoms with Crippen LogP contribution in [-0.2, 0) is 14.3 Å². The Kier molecular flexibility index (Phi) is 7.09. The monoisotopic (exact) mass is 516 g/mol. The molecule has 0 unspecified atom stereocenters. The van der Waals surface area contributed by atoms with Gasteiger partial charge in [-0.1, -0.05) is 19.3 Å². The lowest BCUT2D eigenvalue weighted by Gasteiger charge is -2.37. The number of anilines is 1. The van der Waals surface area contributed by atoms with Crippen LogP contribution in [0.25, 0.3) is 21.9 Å². The topological polar surface area (TPSA) is 125 Å². The predicted molar refractivity (Wildman–Crippen MR) is 143 cm³/mol.